The van der Waals surface area contributed by atoms with E-state index in [1.54, 1.807) is 0 Å². The maximum absolute atomic E-state index is 11.2. The van der Waals surface area contributed by atoms with E-state index >= 15 is 0 Å². The maximum Gasteiger partial charge on any atom is 0.308 e. The fourth-order valence-corrected chi connectivity index (χ4v) is 2.79. The second-order valence-corrected chi connectivity index (χ2v) is 5.44. The van der Waals surface area contributed by atoms with Crippen LogP contribution >= 0.6 is 0 Å². The molecular formula is C15H17N3O2. The molecule has 20 heavy (non-hydrogen) atoms. The normalized spacial score (nSPS) is 17.8. The average molecular weight is 271 g/mol. The number of fused-ring (bicyclic) bond motifs is 1. The summed E-state index contributed by atoms with van der Waals surface area (Å²) in [5.74, 6) is 0.583. The molecule has 5 heteroatoms. The van der Waals surface area contributed by atoms with E-state index in [2.05, 4.69) is 23.2 Å². The van der Waals surface area contributed by atoms with Gasteiger partial charge in [0.25, 0.3) is 0 Å². The number of rotatable bonds is 2. The fraction of sp³-hybridized carbons (Fsp3) is 0.400. The lowest BCUT2D eigenvalue weighted by molar-refractivity contribution is -0.142. The molecule has 0 aliphatic carbocycles. The van der Waals surface area contributed by atoms with Gasteiger partial charge < -0.3 is 9.67 Å². The highest BCUT2D eigenvalue weighted by Gasteiger charge is 2.28. The summed E-state index contributed by atoms with van der Waals surface area (Å²) in [6.07, 6.45) is 1.31. The molecule has 1 N–H and O–H groups in total. The van der Waals surface area contributed by atoms with Crippen LogP contribution in [0.25, 0.3) is 11.4 Å². The van der Waals surface area contributed by atoms with E-state index in [1.165, 1.54) is 5.56 Å². The largest absolute Gasteiger partial charge is 0.481 e. The van der Waals surface area contributed by atoms with E-state index in [9.17, 15) is 9.90 Å². The van der Waals surface area contributed by atoms with Crippen molar-refractivity contribution in [1.29, 1.82) is 0 Å². The minimum Gasteiger partial charge on any atom is -0.481 e. The van der Waals surface area contributed by atoms with Crippen molar-refractivity contribution in [3.05, 3.63) is 35.2 Å². The van der Waals surface area contributed by atoms with Crippen molar-refractivity contribution in [2.75, 3.05) is 0 Å². The number of hydrogen-bond acceptors (Lipinski definition) is 3. The van der Waals surface area contributed by atoms with Crippen LogP contribution in [0.1, 0.15) is 23.4 Å². The van der Waals surface area contributed by atoms with E-state index in [1.807, 2.05) is 23.6 Å². The Bertz CT molecular complexity index is 676. The smallest absolute Gasteiger partial charge is 0.308 e. The van der Waals surface area contributed by atoms with Gasteiger partial charge in [-0.25, -0.2) is 0 Å². The van der Waals surface area contributed by atoms with E-state index in [0.717, 1.165) is 22.8 Å². The summed E-state index contributed by atoms with van der Waals surface area (Å²) < 4.78 is 1.96. The number of aliphatic carboxylic acids is 1. The van der Waals surface area contributed by atoms with Gasteiger partial charge in [0.05, 0.1) is 5.92 Å². The number of nitrogens with zero attached hydrogens (tertiary/aromatic N) is 3. The number of aromatic nitrogens is 3. The van der Waals surface area contributed by atoms with Gasteiger partial charge in [-0.15, -0.1) is 10.2 Å². The number of carboxylic acids is 1. The number of carboxylic acid groups (broad SMARTS) is 1. The van der Waals surface area contributed by atoms with Gasteiger partial charge >= 0.3 is 5.97 Å². The van der Waals surface area contributed by atoms with Crippen LogP contribution < -0.4 is 0 Å². The van der Waals surface area contributed by atoms with Crippen molar-refractivity contribution in [2.45, 2.75) is 33.2 Å². The molecule has 1 aliphatic rings. The lowest BCUT2D eigenvalue weighted by Crippen LogP contribution is -2.27. The second-order valence-electron chi connectivity index (χ2n) is 5.44. The molecule has 1 atom stereocenters. The van der Waals surface area contributed by atoms with Crippen molar-refractivity contribution in [3.8, 4) is 11.4 Å². The van der Waals surface area contributed by atoms with Crippen LogP contribution in [0.15, 0.2) is 18.2 Å². The first-order chi connectivity index (χ1) is 9.56. The minimum absolute atomic E-state index is 0.344. The van der Waals surface area contributed by atoms with Crippen LogP contribution in [0.5, 0.6) is 0 Å². The molecule has 3 rings (SSSR count). The van der Waals surface area contributed by atoms with Crippen LogP contribution in [0.4, 0.5) is 0 Å². The van der Waals surface area contributed by atoms with Gasteiger partial charge in [-0.2, -0.15) is 0 Å². The molecule has 1 aromatic heterocycles. The van der Waals surface area contributed by atoms with Crippen LogP contribution in [-0.4, -0.2) is 25.8 Å². The van der Waals surface area contributed by atoms with Crippen molar-refractivity contribution in [3.63, 3.8) is 0 Å². The fourth-order valence-electron chi connectivity index (χ4n) is 2.79. The molecule has 0 fully saturated rings. The zero-order valence-corrected chi connectivity index (χ0v) is 11.6. The van der Waals surface area contributed by atoms with E-state index < -0.39 is 5.97 Å². The Morgan fingerprint density at radius 3 is 2.85 bits per heavy atom. The summed E-state index contributed by atoms with van der Waals surface area (Å²) in [6.45, 7) is 4.55. The maximum atomic E-state index is 11.2. The third-order valence-corrected chi connectivity index (χ3v) is 3.92. The van der Waals surface area contributed by atoms with Gasteiger partial charge in [0, 0.05) is 18.5 Å². The molecule has 1 aromatic carbocycles. The van der Waals surface area contributed by atoms with Crippen molar-refractivity contribution in [1.82, 2.24) is 14.8 Å². The Labute approximate surface area is 117 Å². The molecule has 0 amide bonds. The summed E-state index contributed by atoms with van der Waals surface area (Å²) in [5, 5.41) is 17.7. The minimum atomic E-state index is -0.740. The number of aryl methyl sites for hydroxylation is 3. The Morgan fingerprint density at radius 1 is 1.35 bits per heavy atom. The summed E-state index contributed by atoms with van der Waals surface area (Å²) in [6, 6.07) is 6.18. The quantitative estimate of drug-likeness (QED) is 0.909. The molecule has 5 nitrogen and oxygen atoms in total. The van der Waals surface area contributed by atoms with E-state index in [4.69, 9.17) is 0 Å². The van der Waals surface area contributed by atoms with E-state index in [-0.39, 0.29) is 5.92 Å². The van der Waals surface area contributed by atoms with Crippen molar-refractivity contribution in [2.24, 2.45) is 5.92 Å². The van der Waals surface area contributed by atoms with Gasteiger partial charge in [0.15, 0.2) is 5.82 Å². The highest BCUT2D eigenvalue weighted by Crippen LogP contribution is 2.28. The first-order valence-corrected chi connectivity index (χ1v) is 6.79. The van der Waals surface area contributed by atoms with Crippen LogP contribution in [-0.2, 0) is 17.8 Å². The van der Waals surface area contributed by atoms with Gasteiger partial charge in [0.1, 0.15) is 5.82 Å². The summed E-state index contributed by atoms with van der Waals surface area (Å²) in [7, 11) is 0. The molecule has 104 valence electrons. The van der Waals surface area contributed by atoms with Crippen molar-refractivity contribution >= 4 is 5.97 Å². The van der Waals surface area contributed by atoms with Crippen LogP contribution in [0, 0.1) is 19.8 Å². The summed E-state index contributed by atoms with van der Waals surface area (Å²) in [4.78, 5) is 11.2. The highest BCUT2D eigenvalue weighted by molar-refractivity contribution is 5.70. The molecule has 0 saturated heterocycles. The zero-order chi connectivity index (χ0) is 14.3. The first kappa shape index (κ1) is 12.8. The molecule has 0 bridgehead atoms. The zero-order valence-electron chi connectivity index (χ0n) is 11.6. The molecule has 0 saturated carbocycles. The number of carbonyl (C=O) groups is 1. The van der Waals surface area contributed by atoms with Gasteiger partial charge in [-0.05, 0) is 25.8 Å². The predicted molar refractivity (Wildman–Crippen MR) is 74.4 cm³/mol. The second kappa shape index (κ2) is 4.74. The van der Waals surface area contributed by atoms with Crippen LogP contribution in [0.3, 0.4) is 0 Å². The Kier molecular flexibility index (Phi) is 3.04. The molecule has 0 spiro atoms. The molecule has 2 heterocycles. The predicted octanol–water partition coefficient (Wildman–Crippen LogP) is 2.21. The SMILES string of the molecule is Cc1ccc(-c2nnc3n2CC(C(=O)O)CC3)c(C)c1. The Balaban J connectivity index is 2.04. The number of hydrogen-bond donors (Lipinski definition) is 1. The van der Waals surface area contributed by atoms with Gasteiger partial charge in [-0.3, -0.25) is 4.79 Å². The van der Waals surface area contributed by atoms with Gasteiger partial charge in [0.2, 0.25) is 0 Å². The average Bonchev–Trinajstić information content (AvgIpc) is 2.81. The molecule has 0 radical (unpaired) electrons. The monoisotopic (exact) mass is 271 g/mol. The third-order valence-electron chi connectivity index (χ3n) is 3.92. The Morgan fingerprint density at radius 2 is 2.15 bits per heavy atom. The topological polar surface area (TPSA) is 68.0 Å². The summed E-state index contributed by atoms with van der Waals surface area (Å²) >= 11 is 0. The lowest BCUT2D eigenvalue weighted by Gasteiger charge is -2.21. The van der Waals surface area contributed by atoms with Crippen molar-refractivity contribution < 1.29 is 9.90 Å². The molecule has 2 aromatic rings. The standard InChI is InChI=1S/C15H17N3O2/c1-9-3-5-12(10(2)7-9)14-17-16-13-6-4-11(15(19)20)8-18(13)14/h3,5,7,11H,4,6,8H2,1-2H3,(H,19,20). The summed E-state index contributed by atoms with van der Waals surface area (Å²) in [5.41, 5.74) is 3.37. The highest BCUT2D eigenvalue weighted by atomic mass is 16.4. The van der Waals surface area contributed by atoms with E-state index in [0.29, 0.717) is 19.4 Å². The molecular weight excluding hydrogens is 254 g/mol. The van der Waals surface area contributed by atoms with Gasteiger partial charge in [-0.1, -0.05) is 23.8 Å². The lowest BCUT2D eigenvalue weighted by atomic mass is 9.98. The molecule has 1 unspecified atom stereocenters. The number of benzene rings is 1. The molecule has 1 aliphatic heterocycles. The van der Waals surface area contributed by atoms with Crippen LogP contribution in [0.2, 0.25) is 0 Å². The Hall–Kier alpha value is -2.17. The third kappa shape index (κ3) is 2.09. The first-order valence-electron chi connectivity index (χ1n) is 6.79.